The lowest BCUT2D eigenvalue weighted by atomic mass is 10.1. The van der Waals surface area contributed by atoms with Crippen LogP contribution in [0.1, 0.15) is 27.2 Å². The number of imidazole rings is 1. The standard InChI is InChI=1S/C6H11N2.C6H13NO2/c1-3-8-5-4-7(2)6-8;1-4(2)3-5(7)6(8)9/h4-6H,3H2,1-2H3;4-5H,3,7H2,1-2H3,(H,8,9)/q+1;. The van der Waals surface area contributed by atoms with Gasteiger partial charge in [0.2, 0.25) is 6.33 Å². The van der Waals surface area contributed by atoms with Gasteiger partial charge in [-0.2, -0.15) is 0 Å². The number of nitrogens with two attached hydrogens (primary N) is 1. The quantitative estimate of drug-likeness (QED) is 0.766. The maximum absolute atomic E-state index is 10.1. The predicted octanol–water partition coefficient (Wildman–Crippen LogP) is 0.777. The Morgan fingerprint density at radius 2 is 2.12 bits per heavy atom. The van der Waals surface area contributed by atoms with Gasteiger partial charge in [0.25, 0.3) is 0 Å². The Labute approximate surface area is 103 Å². The molecule has 0 fully saturated rings. The van der Waals surface area contributed by atoms with Gasteiger partial charge in [0, 0.05) is 0 Å². The Kier molecular flexibility index (Phi) is 7.21. The summed E-state index contributed by atoms with van der Waals surface area (Å²) in [7, 11) is 2.02. The summed E-state index contributed by atoms with van der Waals surface area (Å²) in [6.45, 7) is 7.08. The van der Waals surface area contributed by atoms with Crippen molar-refractivity contribution in [3.8, 4) is 0 Å². The van der Waals surface area contributed by atoms with E-state index in [1.807, 2.05) is 31.7 Å². The molecule has 17 heavy (non-hydrogen) atoms. The third-order valence-corrected chi connectivity index (χ3v) is 2.23. The minimum Gasteiger partial charge on any atom is -0.480 e. The van der Waals surface area contributed by atoms with Crippen LogP contribution in [0.25, 0.3) is 0 Å². The zero-order chi connectivity index (χ0) is 13.4. The maximum atomic E-state index is 10.1. The van der Waals surface area contributed by atoms with Crippen LogP contribution in [0, 0.1) is 5.92 Å². The largest absolute Gasteiger partial charge is 0.480 e. The van der Waals surface area contributed by atoms with E-state index in [9.17, 15) is 4.79 Å². The molecule has 5 nitrogen and oxygen atoms in total. The van der Waals surface area contributed by atoms with Gasteiger partial charge in [-0.05, 0) is 19.3 Å². The summed E-state index contributed by atoms with van der Waals surface area (Å²) in [4.78, 5) is 10.1. The maximum Gasteiger partial charge on any atom is 0.320 e. The van der Waals surface area contributed by atoms with Crippen molar-refractivity contribution < 1.29 is 14.5 Å². The zero-order valence-corrected chi connectivity index (χ0v) is 11.1. The van der Waals surface area contributed by atoms with Crippen molar-refractivity contribution in [2.24, 2.45) is 18.7 Å². The molecule has 0 aliphatic rings. The Balaban J connectivity index is 0.000000302. The minimum absolute atomic E-state index is 0.357. The average Bonchev–Trinajstić information content (AvgIpc) is 2.64. The van der Waals surface area contributed by atoms with Gasteiger partial charge in [-0.25, -0.2) is 9.13 Å². The summed E-state index contributed by atoms with van der Waals surface area (Å²) >= 11 is 0. The first-order chi connectivity index (χ1) is 7.86. The number of aromatic nitrogens is 2. The Morgan fingerprint density at radius 1 is 1.53 bits per heavy atom. The second-order valence-corrected chi connectivity index (χ2v) is 4.48. The van der Waals surface area contributed by atoms with E-state index in [1.165, 1.54) is 0 Å². The number of nitrogens with zero attached hydrogens (tertiary/aromatic N) is 2. The summed E-state index contributed by atoms with van der Waals surface area (Å²) < 4.78 is 4.16. The average molecular weight is 242 g/mol. The molecule has 1 rings (SSSR count). The van der Waals surface area contributed by atoms with Crippen LogP contribution in [0.2, 0.25) is 0 Å². The van der Waals surface area contributed by atoms with Gasteiger partial charge in [-0.1, -0.05) is 13.8 Å². The van der Waals surface area contributed by atoms with Crippen LogP contribution < -0.4 is 10.3 Å². The van der Waals surface area contributed by atoms with Gasteiger partial charge in [0.05, 0.1) is 13.6 Å². The molecule has 1 atom stereocenters. The third kappa shape index (κ3) is 7.52. The molecule has 1 heterocycles. The van der Waals surface area contributed by atoms with E-state index in [0.717, 1.165) is 6.54 Å². The van der Waals surface area contributed by atoms with E-state index in [0.29, 0.717) is 12.3 Å². The Bertz CT molecular complexity index is 334. The van der Waals surface area contributed by atoms with Crippen molar-refractivity contribution in [2.75, 3.05) is 0 Å². The number of aliphatic carboxylic acids is 1. The molecule has 0 saturated heterocycles. The van der Waals surface area contributed by atoms with Gasteiger partial charge in [0.15, 0.2) is 0 Å². The van der Waals surface area contributed by atoms with Crippen LogP contribution >= 0.6 is 0 Å². The van der Waals surface area contributed by atoms with Crippen molar-refractivity contribution in [1.82, 2.24) is 4.57 Å². The first-order valence-electron chi connectivity index (χ1n) is 5.86. The lowest BCUT2D eigenvalue weighted by molar-refractivity contribution is -0.693. The summed E-state index contributed by atoms with van der Waals surface area (Å²) in [6.07, 6.45) is 6.69. The van der Waals surface area contributed by atoms with Gasteiger partial charge >= 0.3 is 5.97 Å². The summed E-state index contributed by atoms with van der Waals surface area (Å²) in [6, 6.07) is -0.690. The minimum atomic E-state index is -0.913. The molecule has 0 bridgehead atoms. The molecule has 0 spiro atoms. The molecule has 5 heteroatoms. The van der Waals surface area contributed by atoms with Gasteiger partial charge < -0.3 is 10.8 Å². The normalized spacial score (nSPS) is 11.9. The van der Waals surface area contributed by atoms with Crippen molar-refractivity contribution in [3.05, 3.63) is 18.7 Å². The number of aryl methyl sites for hydroxylation is 2. The number of carboxylic acids is 1. The van der Waals surface area contributed by atoms with Gasteiger partial charge in [-0.3, -0.25) is 4.79 Å². The fourth-order valence-electron chi connectivity index (χ4n) is 1.30. The molecule has 0 aliphatic heterocycles. The van der Waals surface area contributed by atoms with E-state index in [1.54, 1.807) is 0 Å². The predicted molar refractivity (Wildman–Crippen MR) is 66.3 cm³/mol. The first-order valence-corrected chi connectivity index (χ1v) is 5.86. The van der Waals surface area contributed by atoms with Crippen molar-refractivity contribution >= 4 is 5.97 Å². The Hall–Kier alpha value is -1.36. The van der Waals surface area contributed by atoms with E-state index in [-0.39, 0.29) is 0 Å². The molecule has 1 aromatic rings. The van der Waals surface area contributed by atoms with E-state index >= 15 is 0 Å². The van der Waals surface area contributed by atoms with Crippen molar-refractivity contribution in [2.45, 2.75) is 39.8 Å². The monoisotopic (exact) mass is 242 g/mol. The summed E-state index contributed by atoms with van der Waals surface area (Å²) in [5.74, 6) is -0.556. The molecule has 1 aromatic heterocycles. The zero-order valence-electron chi connectivity index (χ0n) is 11.1. The summed E-state index contributed by atoms with van der Waals surface area (Å²) in [5, 5.41) is 8.31. The number of hydrogen-bond acceptors (Lipinski definition) is 2. The molecule has 98 valence electrons. The molecule has 0 amide bonds. The number of rotatable bonds is 4. The fraction of sp³-hybridized carbons (Fsp3) is 0.667. The molecular weight excluding hydrogens is 218 g/mol. The van der Waals surface area contributed by atoms with Crippen LogP contribution in [-0.4, -0.2) is 21.7 Å². The number of hydrogen-bond donors (Lipinski definition) is 2. The van der Waals surface area contributed by atoms with Crippen LogP contribution in [0.15, 0.2) is 18.7 Å². The smallest absolute Gasteiger partial charge is 0.320 e. The highest BCUT2D eigenvalue weighted by atomic mass is 16.4. The lowest BCUT2D eigenvalue weighted by Gasteiger charge is -2.07. The highest BCUT2D eigenvalue weighted by Gasteiger charge is 2.11. The van der Waals surface area contributed by atoms with Crippen LogP contribution in [0.5, 0.6) is 0 Å². The molecule has 0 saturated carbocycles. The fourth-order valence-corrected chi connectivity index (χ4v) is 1.30. The van der Waals surface area contributed by atoms with Crippen molar-refractivity contribution in [3.63, 3.8) is 0 Å². The third-order valence-electron chi connectivity index (χ3n) is 2.23. The van der Waals surface area contributed by atoms with Gasteiger partial charge in [-0.15, -0.1) is 0 Å². The van der Waals surface area contributed by atoms with Crippen LogP contribution in [-0.2, 0) is 18.4 Å². The van der Waals surface area contributed by atoms with Gasteiger partial charge in [0.1, 0.15) is 18.4 Å². The molecule has 0 radical (unpaired) electrons. The first kappa shape index (κ1) is 15.6. The SMILES string of the molecule is CC(C)CC(N)C(=O)O.CC[n+]1ccn(C)c1. The molecular formula is C12H24N3O2+. The lowest BCUT2D eigenvalue weighted by Crippen LogP contribution is -2.31. The molecule has 0 aromatic carbocycles. The second-order valence-electron chi connectivity index (χ2n) is 4.48. The van der Waals surface area contributed by atoms with Crippen LogP contribution in [0.4, 0.5) is 0 Å². The molecule has 0 aliphatic carbocycles. The van der Waals surface area contributed by atoms with E-state index in [2.05, 4.69) is 24.0 Å². The molecule has 1 unspecified atom stereocenters. The number of carboxylic acid groups (broad SMARTS) is 1. The Morgan fingerprint density at radius 3 is 2.29 bits per heavy atom. The van der Waals surface area contributed by atoms with Crippen LogP contribution in [0.3, 0.4) is 0 Å². The second kappa shape index (κ2) is 7.84. The number of carbonyl (C=O) groups is 1. The topological polar surface area (TPSA) is 72.1 Å². The van der Waals surface area contributed by atoms with Crippen molar-refractivity contribution in [1.29, 1.82) is 0 Å². The molecule has 3 N–H and O–H groups in total. The highest BCUT2D eigenvalue weighted by Crippen LogP contribution is 2.01. The highest BCUT2D eigenvalue weighted by molar-refractivity contribution is 5.72. The van der Waals surface area contributed by atoms with E-state index < -0.39 is 12.0 Å². The summed E-state index contributed by atoms with van der Waals surface area (Å²) in [5.41, 5.74) is 5.22. The van der Waals surface area contributed by atoms with E-state index in [4.69, 9.17) is 10.8 Å².